The molecular weight excluding hydrogens is 258 g/mol. The van der Waals surface area contributed by atoms with Crippen LogP contribution in [0.25, 0.3) is 0 Å². The minimum atomic E-state index is -0.348. The molecular formula is C15H21NO2S. The second-order valence-corrected chi connectivity index (χ2v) is 5.78. The number of benzene rings is 1. The first kappa shape index (κ1) is 14.4. The first-order chi connectivity index (χ1) is 9.24. The molecule has 104 valence electrons. The van der Waals surface area contributed by atoms with Gasteiger partial charge in [0, 0.05) is 24.7 Å². The Morgan fingerprint density at radius 2 is 2.21 bits per heavy atom. The van der Waals surface area contributed by atoms with Crippen molar-refractivity contribution in [1.82, 2.24) is 4.90 Å². The van der Waals surface area contributed by atoms with Gasteiger partial charge in [0.05, 0.1) is 6.04 Å². The molecule has 1 amide bonds. The third-order valence-electron chi connectivity index (χ3n) is 3.36. The second-order valence-electron chi connectivity index (χ2n) is 4.63. The van der Waals surface area contributed by atoms with Gasteiger partial charge in [-0.3, -0.25) is 4.79 Å². The van der Waals surface area contributed by atoms with Gasteiger partial charge in [-0.1, -0.05) is 30.3 Å². The van der Waals surface area contributed by atoms with Crippen LogP contribution in [0.2, 0.25) is 0 Å². The zero-order valence-corrected chi connectivity index (χ0v) is 12.4. The summed E-state index contributed by atoms with van der Waals surface area (Å²) in [7, 11) is 0. The molecule has 1 aliphatic heterocycles. The average molecular weight is 279 g/mol. The summed E-state index contributed by atoms with van der Waals surface area (Å²) in [5.74, 6) is 2.08. The highest BCUT2D eigenvalue weighted by Gasteiger charge is 2.30. The maximum Gasteiger partial charge on any atom is 0.251 e. The summed E-state index contributed by atoms with van der Waals surface area (Å²) in [4.78, 5) is 14.4. The predicted molar refractivity (Wildman–Crippen MR) is 79.3 cm³/mol. The second kappa shape index (κ2) is 6.96. The Hall–Kier alpha value is -1.00. The average Bonchev–Trinajstić information content (AvgIpc) is 2.47. The van der Waals surface area contributed by atoms with Crippen LogP contribution in [0, 0.1) is 0 Å². The fourth-order valence-electron chi connectivity index (χ4n) is 2.37. The Labute approximate surface area is 119 Å². The summed E-state index contributed by atoms with van der Waals surface area (Å²) in [5, 5.41) is 0. The molecule has 1 aromatic carbocycles. The number of thioether (sulfide) groups is 1. The number of rotatable bonds is 4. The molecule has 0 bridgehead atoms. The Kier molecular flexibility index (Phi) is 5.28. The molecule has 19 heavy (non-hydrogen) atoms. The largest absolute Gasteiger partial charge is 0.369 e. The summed E-state index contributed by atoms with van der Waals surface area (Å²) < 4.78 is 5.44. The number of amides is 1. The van der Waals surface area contributed by atoms with E-state index in [0.717, 1.165) is 18.1 Å². The van der Waals surface area contributed by atoms with Gasteiger partial charge in [0.1, 0.15) is 6.10 Å². The smallest absolute Gasteiger partial charge is 0.251 e. The molecule has 0 aliphatic carbocycles. The van der Waals surface area contributed by atoms with Crippen LogP contribution >= 0.6 is 11.8 Å². The number of hydrogen-bond acceptors (Lipinski definition) is 3. The van der Waals surface area contributed by atoms with E-state index in [1.165, 1.54) is 5.56 Å². The Balaban J connectivity index is 2.14. The van der Waals surface area contributed by atoms with E-state index in [9.17, 15) is 4.79 Å². The lowest BCUT2D eigenvalue weighted by atomic mass is 10.1. The number of nitrogens with zero attached hydrogens (tertiary/aromatic N) is 1. The zero-order valence-electron chi connectivity index (χ0n) is 11.5. The fourth-order valence-corrected chi connectivity index (χ4v) is 3.46. The molecule has 0 N–H and O–H groups in total. The molecule has 1 fully saturated rings. The highest BCUT2D eigenvalue weighted by atomic mass is 32.2. The molecule has 4 heteroatoms. The van der Waals surface area contributed by atoms with Gasteiger partial charge in [-0.25, -0.2) is 0 Å². The quantitative estimate of drug-likeness (QED) is 0.849. The monoisotopic (exact) mass is 279 g/mol. The lowest BCUT2D eigenvalue weighted by molar-refractivity contribution is -0.144. The summed E-state index contributed by atoms with van der Waals surface area (Å²) in [6.45, 7) is 5.14. The third kappa shape index (κ3) is 3.51. The number of ether oxygens (including phenoxy) is 1. The minimum absolute atomic E-state index is 0.107. The molecule has 2 atom stereocenters. The van der Waals surface area contributed by atoms with Gasteiger partial charge in [-0.05, 0) is 19.4 Å². The molecule has 1 aromatic rings. The van der Waals surface area contributed by atoms with Gasteiger partial charge in [-0.2, -0.15) is 11.8 Å². The van der Waals surface area contributed by atoms with E-state index in [4.69, 9.17) is 4.74 Å². The molecule has 0 saturated carbocycles. The van der Waals surface area contributed by atoms with E-state index in [2.05, 4.69) is 12.1 Å². The van der Waals surface area contributed by atoms with Crippen molar-refractivity contribution in [3.05, 3.63) is 35.9 Å². The highest BCUT2D eigenvalue weighted by Crippen LogP contribution is 2.30. The summed E-state index contributed by atoms with van der Waals surface area (Å²) in [5.41, 5.74) is 1.21. The van der Waals surface area contributed by atoms with E-state index in [-0.39, 0.29) is 18.1 Å². The van der Waals surface area contributed by atoms with Crippen LogP contribution < -0.4 is 0 Å². The third-order valence-corrected chi connectivity index (χ3v) is 4.38. The van der Waals surface area contributed by atoms with Crippen LogP contribution in [0.3, 0.4) is 0 Å². The number of hydrogen-bond donors (Lipinski definition) is 0. The molecule has 0 spiro atoms. The molecule has 1 aliphatic rings. The molecule has 2 unspecified atom stereocenters. The summed E-state index contributed by atoms with van der Waals surface area (Å²) >= 11 is 1.91. The van der Waals surface area contributed by atoms with E-state index < -0.39 is 0 Å². The maximum atomic E-state index is 12.5. The van der Waals surface area contributed by atoms with Crippen LogP contribution in [0.4, 0.5) is 0 Å². The Morgan fingerprint density at radius 3 is 2.89 bits per heavy atom. The van der Waals surface area contributed by atoms with Gasteiger partial charge in [0.15, 0.2) is 0 Å². The van der Waals surface area contributed by atoms with Crippen LogP contribution in [0.15, 0.2) is 30.3 Å². The van der Waals surface area contributed by atoms with Gasteiger partial charge in [-0.15, -0.1) is 0 Å². The van der Waals surface area contributed by atoms with Crippen molar-refractivity contribution in [3.63, 3.8) is 0 Å². The van der Waals surface area contributed by atoms with Crippen molar-refractivity contribution in [1.29, 1.82) is 0 Å². The van der Waals surface area contributed by atoms with Crippen molar-refractivity contribution in [2.45, 2.75) is 26.0 Å². The summed E-state index contributed by atoms with van der Waals surface area (Å²) in [6, 6.07) is 10.4. The fraction of sp³-hybridized carbons (Fsp3) is 0.533. The van der Waals surface area contributed by atoms with E-state index in [1.54, 1.807) is 0 Å². The van der Waals surface area contributed by atoms with Gasteiger partial charge in [0.25, 0.3) is 5.91 Å². The lowest BCUT2D eigenvalue weighted by Gasteiger charge is -2.37. The van der Waals surface area contributed by atoms with Crippen LogP contribution in [-0.4, -0.2) is 41.6 Å². The predicted octanol–water partition coefficient (Wildman–Crippen LogP) is 2.73. The van der Waals surface area contributed by atoms with Crippen LogP contribution in [-0.2, 0) is 9.53 Å². The lowest BCUT2D eigenvalue weighted by Crippen LogP contribution is -2.45. The van der Waals surface area contributed by atoms with Crippen molar-refractivity contribution in [3.8, 4) is 0 Å². The number of carbonyl (C=O) groups is 1. The number of carbonyl (C=O) groups excluding carboxylic acids is 1. The molecule has 3 nitrogen and oxygen atoms in total. The summed E-state index contributed by atoms with van der Waals surface area (Å²) in [6.07, 6.45) is -0.348. The van der Waals surface area contributed by atoms with Crippen LogP contribution in [0.1, 0.15) is 25.5 Å². The highest BCUT2D eigenvalue weighted by molar-refractivity contribution is 7.99. The van der Waals surface area contributed by atoms with Gasteiger partial charge >= 0.3 is 0 Å². The topological polar surface area (TPSA) is 29.5 Å². The zero-order chi connectivity index (χ0) is 13.7. The van der Waals surface area contributed by atoms with Crippen molar-refractivity contribution in [2.24, 2.45) is 0 Å². The van der Waals surface area contributed by atoms with Crippen molar-refractivity contribution >= 4 is 17.7 Å². The maximum absolute atomic E-state index is 12.5. The Morgan fingerprint density at radius 1 is 1.47 bits per heavy atom. The van der Waals surface area contributed by atoms with Crippen molar-refractivity contribution < 1.29 is 9.53 Å². The standard InChI is InChI=1S/C15H21NO2S/c1-3-18-12(2)15(17)16-9-10-19-11-14(16)13-7-5-4-6-8-13/h4-8,12,14H,3,9-11H2,1-2H3. The molecule has 0 radical (unpaired) electrons. The Bertz CT molecular complexity index is 410. The van der Waals surface area contributed by atoms with E-state index in [0.29, 0.717) is 6.61 Å². The van der Waals surface area contributed by atoms with E-state index in [1.807, 2.05) is 48.7 Å². The van der Waals surface area contributed by atoms with E-state index >= 15 is 0 Å². The van der Waals surface area contributed by atoms with Crippen LogP contribution in [0.5, 0.6) is 0 Å². The molecule has 2 rings (SSSR count). The minimum Gasteiger partial charge on any atom is -0.369 e. The first-order valence-corrected chi connectivity index (χ1v) is 7.94. The van der Waals surface area contributed by atoms with Gasteiger partial charge in [0.2, 0.25) is 0 Å². The molecule has 0 aromatic heterocycles. The normalized spacial score (nSPS) is 21.2. The molecule has 1 saturated heterocycles. The molecule has 1 heterocycles. The first-order valence-electron chi connectivity index (χ1n) is 6.78. The SMILES string of the molecule is CCOC(C)C(=O)N1CCSCC1c1ccccc1. The van der Waals surface area contributed by atoms with Crippen molar-refractivity contribution in [2.75, 3.05) is 24.7 Å². The van der Waals surface area contributed by atoms with Gasteiger partial charge < -0.3 is 9.64 Å².